The lowest BCUT2D eigenvalue weighted by atomic mass is 9.32. The van der Waals surface area contributed by atoms with Crippen LogP contribution in [0.1, 0.15) is 104 Å². The first kappa shape index (κ1) is 24.7. The molecule has 9 atom stereocenters. The van der Waals surface area contributed by atoms with Gasteiger partial charge in [0.25, 0.3) is 0 Å². The quantitative estimate of drug-likeness (QED) is 0.316. The van der Waals surface area contributed by atoms with Crippen LogP contribution in [-0.2, 0) is 21.4 Å². The fourth-order valence-electron chi connectivity index (χ4n) is 12.0. The summed E-state index contributed by atoms with van der Waals surface area (Å²) in [6.07, 6.45) is 12.3. The standard InChI is InChI=1S/C32H47NO3/c1-19(2)21-11-14-32(27(34)35-8)16-15-30(6)22(25(21)32)9-10-24-29(5)17-20-18-33-36-26(20)28(3,4)23(29)12-13-31(24,30)7/h18,21-25H,1,9-17H2,2-8H3/t21-,22?,23?,24+,25?,29-,30+,31+,32-/m0/s1. The maximum Gasteiger partial charge on any atom is 0.312 e. The van der Waals surface area contributed by atoms with Crippen LogP contribution in [0.25, 0.3) is 0 Å². The number of ether oxygens (including phenoxy) is 1. The summed E-state index contributed by atoms with van der Waals surface area (Å²) in [5, 5.41) is 4.26. The van der Waals surface area contributed by atoms with Crippen molar-refractivity contribution < 1.29 is 14.1 Å². The normalized spacial score (nSPS) is 48.6. The Labute approximate surface area is 218 Å². The Balaban J connectivity index is 1.43. The number of fused-ring (bicyclic) bond motifs is 8. The van der Waals surface area contributed by atoms with Gasteiger partial charge in [0, 0.05) is 11.0 Å². The number of carbonyl (C=O) groups is 1. The molecule has 4 fully saturated rings. The first-order chi connectivity index (χ1) is 16.9. The topological polar surface area (TPSA) is 52.3 Å². The molecule has 0 spiro atoms. The van der Waals surface area contributed by atoms with Crippen molar-refractivity contribution in [1.82, 2.24) is 5.16 Å². The second kappa shape index (κ2) is 7.50. The van der Waals surface area contributed by atoms with Crippen LogP contribution in [0.2, 0.25) is 0 Å². The molecule has 0 aliphatic heterocycles. The lowest BCUT2D eigenvalue weighted by Crippen LogP contribution is -2.66. The maximum absolute atomic E-state index is 13.4. The highest BCUT2D eigenvalue weighted by Gasteiger charge is 2.72. The molecule has 1 heterocycles. The summed E-state index contributed by atoms with van der Waals surface area (Å²) in [4.78, 5) is 13.4. The van der Waals surface area contributed by atoms with Crippen LogP contribution in [-0.4, -0.2) is 18.2 Å². The van der Waals surface area contributed by atoms with Gasteiger partial charge in [-0.3, -0.25) is 4.79 Å². The van der Waals surface area contributed by atoms with Crippen molar-refractivity contribution in [1.29, 1.82) is 0 Å². The number of aromatic nitrogens is 1. The molecule has 0 saturated heterocycles. The van der Waals surface area contributed by atoms with E-state index in [0.29, 0.717) is 29.6 Å². The Hall–Kier alpha value is -1.58. The fourth-order valence-corrected chi connectivity index (χ4v) is 12.0. The van der Waals surface area contributed by atoms with E-state index in [4.69, 9.17) is 9.26 Å². The molecule has 0 aromatic carbocycles. The smallest absolute Gasteiger partial charge is 0.312 e. The highest BCUT2D eigenvalue weighted by Crippen LogP contribution is 2.77. The average molecular weight is 494 g/mol. The molecule has 0 N–H and O–H groups in total. The number of rotatable bonds is 2. The zero-order valence-electron chi connectivity index (χ0n) is 23.7. The minimum absolute atomic E-state index is 0.0149. The molecule has 6 rings (SSSR count). The summed E-state index contributed by atoms with van der Waals surface area (Å²) in [5.41, 5.74) is 3.04. The van der Waals surface area contributed by atoms with E-state index in [1.165, 1.54) is 36.8 Å². The van der Waals surface area contributed by atoms with Gasteiger partial charge < -0.3 is 9.26 Å². The number of nitrogens with zero attached hydrogens (tertiary/aromatic N) is 1. The van der Waals surface area contributed by atoms with Gasteiger partial charge in [-0.05, 0) is 111 Å². The minimum Gasteiger partial charge on any atom is -0.469 e. The second-order valence-corrected chi connectivity index (χ2v) is 14.9. The van der Waals surface area contributed by atoms with E-state index in [1.807, 2.05) is 6.20 Å². The van der Waals surface area contributed by atoms with Crippen LogP contribution in [0, 0.1) is 51.2 Å². The zero-order valence-corrected chi connectivity index (χ0v) is 23.7. The van der Waals surface area contributed by atoms with Crippen LogP contribution in [0.5, 0.6) is 0 Å². The van der Waals surface area contributed by atoms with Gasteiger partial charge in [-0.25, -0.2) is 0 Å². The Morgan fingerprint density at radius 1 is 1.00 bits per heavy atom. The first-order valence-corrected chi connectivity index (χ1v) is 14.5. The Morgan fingerprint density at radius 2 is 1.75 bits per heavy atom. The number of methoxy groups -OCH3 is 1. The predicted molar refractivity (Wildman–Crippen MR) is 141 cm³/mol. The molecule has 36 heavy (non-hydrogen) atoms. The molecule has 4 saturated carbocycles. The average Bonchev–Trinajstić information content (AvgIpc) is 3.44. The lowest BCUT2D eigenvalue weighted by Gasteiger charge is -2.72. The molecule has 0 radical (unpaired) electrons. The van der Waals surface area contributed by atoms with Crippen molar-refractivity contribution in [3.05, 3.63) is 29.7 Å². The minimum atomic E-state index is -0.308. The Morgan fingerprint density at radius 3 is 2.44 bits per heavy atom. The summed E-state index contributed by atoms with van der Waals surface area (Å²) >= 11 is 0. The van der Waals surface area contributed by atoms with Gasteiger partial charge >= 0.3 is 5.97 Å². The zero-order chi connectivity index (χ0) is 25.9. The molecule has 0 amide bonds. The lowest BCUT2D eigenvalue weighted by molar-refractivity contribution is -0.229. The first-order valence-electron chi connectivity index (χ1n) is 14.5. The van der Waals surface area contributed by atoms with Gasteiger partial charge in [-0.15, -0.1) is 0 Å². The molecule has 4 nitrogen and oxygen atoms in total. The highest BCUT2D eigenvalue weighted by atomic mass is 16.5. The van der Waals surface area contributed by atoms with Crippen molar-refractivity contribution in [2.45, 2.75) is 105 Å². The summed E-state index contributed by atoms with van der Waals surface area (Å²) in [7, 11) is 1.60. The molecule has 1 aromatic rings. The van der Waals surface area contributed by atoms with Gasteiger partial charge in [0.05, 0.1) is 18.7 Å². The molecule has 1 aromatic heterocycles. The molecule has 5 aliphatic carbocycles. The fraction of sp³-hybridized carbons (Fsp3) is 0.812. The monoisotopic (exact) mass is 493 g/mol. The Kier molecular flexibility index (Phi) is 5.16. The van der Waals surface area contributed by atoms with Crippen molar-refractivity contribution in [2.75, 3.05) is 7.11 Å². The number of carbonyl (C=O) groups excluding carboxylic acids is 1. The summed E-state index contributed by atoms with van der Waals surface area (Å²) in [6.45, 7) is 19.3. The highest BCUT2D eigenvalue weighted by molar-refractivity contribution is 5.78. The molecule has 5 aliphatic rings. The van der Waals surface area contributed by atoms with Gasteiger partial charge in [-0.2, -0.15) is 0 Å². The molecule has 3 unspecified atom stereocenters. The third-order valence-corrected chi connectivity index (χ3v) is 13.6. The van der Waals surface area contributed by atoms with Gasteiger partial charge in [0.2, 0.25) is 0 Å². The number of hydrogen-bond acceptors (Lipinski definition) is 4. The van der Waals surface area contributed by atoms with E-state index in [-0.39, 0.29) is 33.0 Å². The van der Waals surface area contributed by atoms with Gasteiger partial charge in [0.15, 0.2) is 0 Å². The van der Waals surface area contributed by atoms with E-state index < -0.39 is 0 Å². The van der Waals surface area contributed by atoms with E-state index >= 15 is 0 Å². The van der Waals surface area contributed by atoms with Crippen LogP contribution in [0.4, 0.5) is 0 Å². The summed E-state index contributed by atoms with van der Waals surface area (Å²) in [5.74, 6) is 3.82. The number of hydrogen-bond donors (Lipinski definition) is 0. The van der Waals surface area contributed by atoms with Crippen molar-refractivity contribution in [3.63, 3.8) is 0 Å². The Bertz CT molecular complexity index is 1100. The SMILES string of the molecule is C=C(C)[C@@H]1CC[C@]2(C(=O)OC)CC[C@]3(C)C(CC[C@@H]4[C@@]5(C)Cc6cnoc6C(C)(C)C5CC[C@]43C)C12. The van der Waals surface area contributed by atoms with Gasteiger partial charge in [0.1, 0.15) is 5.76 Å². The summed E-state index contributed by atoms with van der Waals surface area (Å²) in [6, 6.07) is 0. The maximum atomic E-state index is 13.4. The predicted octanol–water partition coefficient (Wildman–Crippen LogP) is 7.52. The van der Waals surface area contributed by atoms with E-state index in [2.05, 4.69) is 53.3 Å². The van der Waals surface area contributed by atoms with E-state index in [0.717, 1.165) is 37.9 Å². The van der Waals surface area contributed by atoms with Crippen molar-refractivity contribution in [3.8, 4) is 0 Å². The van der Waals surface area contributed by atoms with Crippen molar-refractivity contribution in [2.24, 2.45) is 51.2 Å². The molecule has 4 heteroatoms. The largest absolute Gasteiger partial charge is 0.469 e. The van der Waals surface area contributed by atoms with Crippen LogP contribution in [0.3, 0.4) is 0 Å². The van der Waals surface area contributed by atoms with E-state index in [9.17, 15) is 4.79 Å². The van der Waals surface area contributed by atoms with Crippen LogP contribution < -0.4 is 0 Å². The molecular weight excluding hydrogens is 446 g/mol. The van der Waals surface area contributed by atoms with Crippen molar-refractivity contribution >= 4 is 5.97 Å². The van der Waals surface area contributed by atoms with Gasteiger partial charge in [-0.1, -0.05) is 51.9 Å². The third kappa shape index (κ3) is 2.72. The van der Waals surface area contributed by atoms with E-state index in [1.54, 1.807) is 7.11 Å². The molecular formula is C32H47NO3. The number of esters is 1. The van der Waals surface area contributed by atoms with Crippen LogP contribution >= 0.6 is 0 Å². The van der Waals surface area contributed by atoms with Crippen LogP contribution in [0.15, 0.2) is 22.9 Å². The third-order valence-electron chi connectivity index (χ3n) is 13.6. The second-order valence-electron chi connectivity index (χ2n) is 14.9. The summed E-state index contributed by atoms with van der Waals surface area (Å²) < 4.78 is 11.4. The molecule has 0 bridgehead atoms. The number of allylic oxidation sites excluding steroid dienone is 1. The molecule has 198 valence electrons.